The first-order valence-electron chi connectivity index (χ1n) is 24.7. The second-order valence-electron chi connectivity index (χ2n) is 20.6. The van der Waals surface area contributed by atoms with Gasteiger partial charge in [0.1, 0.15) is 0 Å². The Morgan fingerprint density at radius 3 is 1.59 bits per heavy atom. The first-order valence-corrected chi connectivity index (χ1v) is 24.7. The minimum Gasteiger partial charge on any atom is -0.380 e. The van der Waals surface area contributed by atoms with Gasteiger partial charge in [0.05, 0.1) is 11.6 Å². The lowest BCUT2D eigenvalue weighted by Crippen LogP contribution is -2.44. The van der Waals surface area contributed by atoms with E-state index in [1.807, 2.05) is 6.20 Å². The van der Waals surface area contributed by atoms with Crippen molar-refractivity contribution >= 4 is 32.8 Å². The molecule has 0 saturated carbocycles. The van der Waals surface area contributed by atoms with Crippen molar-refractivity contribution < 1.29 is 0 Å². The van der Waals surface area contributed by atoms with Gasteiger partial charge < -0.3 is 5.32 Å². The average Bonchev–Trinajstić information content (AvgIpc) is 3.78. The summed E-state index contributed by atoms with van der Waals surface area (Å²) in [4.78, 5) is 5.14. The van der Waals surface area contributed by atoms with Crippen LogP contribution < -0.4 is 15.8 Å². The summed E-state index contributed by atoms with van der Waals surface area (Å²) >= 11 is 0. The van der Waals surface area contributed by atoms with E-state index in [-0.39, 0.29) is 16.9 Å². The first kappa shape index (κ1) is 40.7. The Morgan fingerprint density at radius 2 is 0.914 bits per heavy atom. The number of nitrogens with one attached hydrogen (secondary N) is 1. The number of allylic oxidation sites excluding steroid dienone is 2. The van der Waals surface area contributed by atoms with Crippen LogP contribution in [0.2, 0.25) is 0 Å². The lowest BCUT2D eigenvalue weighted by atomic mass is 9.77. The molecule has 0 radical (unpaired) electrons. The molecule has 2 nitrogen and oxygen atoms in total. The molecule has 0 bridgehead atoms. The number of hydrogen-bond acceptors (Lipinski definition) is 2. The molecule has 4 aliphatic rings. The molecule has 1 atom stereocenters. The van der Waals surface area contributed by atoms with E-state index >= 15 is 0 Å². The number of dihydropyridines is 1. The largest absolute Gasteiger partial charge is 0.380 e. The third-order valence-electron chi connectivity index (χ3n) is 16.2. The van der Waals surface area contributed by atoms with E-state index in [4.69, 9.17) is 4.98 Å². The highest BCUT2D eigenvalue weighted by Gasteiger charge is 2.38. The van der Waals surface area contributed by atoms with Gasteiger partial charge in [-0.05, 0) is 152 Å². The fourth-order valence-corrected chi connectivity index (χ4v) is 12.8. The van der Waals surface area contributed by atoms with E-state index < -0.39 is 0 Å². The van der Waals surface area contributed by atoms with Crippen LogP contribution in [0.5, 0.6) is 0 Å². The summed E-state index contributed by atoms with van der Waals surface area (Å²) in [7, 11) is 0. The zero-order chi connectivity index (χ0) is 46.9. The maximum Gasteiger partial charge on any atom is 0.0792 e. The summed E-state index contributed by atoms with van der Waals surface area (Å²) in [5.41, 5.74) is 25.3. The van der Waals surface area contributed by atoms with Crippen molar-refractivity contribution in [1.29, 1.82) is 0 Å². The van der Waals surface area contributed by atoms with Crippen LogP contribution in [-0.4, -0.2) is 11.0 Å². The summed E-state index contributed by atoms with van der Waals surface area (Å²) in [5.74, 6) is 0. The summed E-state index contributed by atoms with van der Waals surface area (Å²) in [6.45, 7) is 9.45. The number of rotatable bonds is 5. The zero-order valence-corrected chi connectivity index (χ0v) is 39.8. The van der Waals surface area contributed by atoms with Crippen LogP contribution in [0.15, 0.2) is 224 Å². The van der Waals surface area contributed by atoms with Crippen molar-refractivity contribution in [3.8, 4) is 55.6 Å². The van der Waals surface area contributed by atoms with E-state index in [1.165, 1.54) is 127 Å². The van der Waals surface area contributed by atoms with Gasteiger partial charge in [0.25, 0.3) is 0 Å². The van der Waals surface area contributed by atoms with Crippen molar-refractivity contribution in [2.24, 2.45) is 0 Å². The minimum atomic E-state index is -0.0906. The number of fused-ring (bicyclic) bond motifs is 10. The van der Waals surface area contributed by atoms with Crippen LogP contribution in [0, 0.1) is 0 Å². The van der Waals surface area contributed by atoms with E-state index in [0.717, 1.165) is 10.9 Å². The predicted molar refractivity (Wildman–Crippen MR) is 292 cm³/mol. The molecular formula is C68H50N2. The van der Waals surface area contributed by atoms with Crippen molar-refractivity contribution in [2.45, 2.75) is 44.6 Å². The number of aromatic nitrogens is 1. The topological polar surface area (TPSA) is 24.9 Å². The van der Waals surface area contributed by atoms with Crippen LogP contribution in [-0.2, 0) is 10.8 Å². The Bertz CT molecular complexity index is 4010. The van der Waals surface area contributed by atoms with Crippen molar-refractivity contribution in [1.82, 2.24) is 10.3 Å². The summed E-state index contributed by atoms with van der Waals surface area (Å²) in [5, 5.41) is 9.96. The van der Waals surface area contributed by atoms with Gasteiger partial charge >= 0.3 is 0 Å². The molecule has 1 N–H and O–H groups in total. The monoisotopic (exact) mass is 894 g/mol. The van der Waals surface area contributed by atoms with Gasteiger partial charge in [-0.1, -0.05) is 210 Å². The van der Waals surface area contributed by atoms with Crippen LogP contribution in [0.1, 0.15) is 61.1 Å². The number of pyridine rings is 1. The highest BCUT2D eigenvalue weighted by atomic mass is 14.9. The average molecular weight is 895 g/mol. The zero-order valence-electron chi connectivity index (χ0n) is 39.8. The number of nitrogens with zero attached hydrogens (tertiary/aromatic N) is 1. The predicted octanol–water partition coefficient (Wildman–Crippen LogP) is 14.8. The molecule has 10 aromatic rings. The Kier molecular flexibility index (Phi) is 8.77. The third kappa shape index (κ3) is 5.83. The van der Waals surface area contributed by atoms with Crippen LogP contribution in [0.25, 0.3) is 88.5 Å². The molecule has 14 rings (SSSR count). The molecule has 1 unspecified atom stereocenters. The molecule has 2 heterocycles. The Labute approximate surface area is 409 Å². The molecule has 1 aliphatic heterocycles. The van der Waals surface area contributed by atoms with Gasteiger partial charge in [-0.15, -0.1) is 0 Å². The molecule has 0 saturated heterocycles. The Morgan fingerprint density at radius 1 is 0.414 bits per heavy atom. The minimum absolute atomic E-state index is 0.0156. The van der Waals surface area contributed by atoms with Crippen LogP contribution in [0.4, 0.5) is 0 Å². The molecule has 70 heavy (non-hydrogen) atoms. The molecular weight excluding hydrogens is 845 g/mol. The Hall–Kier alpha value is -8.33. The molecule has 1 aromatic heterocycles. The van der Waals surface area contributed by atoms with Gasteiger partial charge in [0.15, 0.2) is 0 Å². The van der Waals surface area contributed by atoms with Gasteiger partial charge in [0.2, 0.25) is 0 Å². The molecule has 0 amide bonds. The third-order valence-corrected chi connectivity index (χ3v) is 16.2. The second-order valence-corrected chi connectivity index (χ2v) is 20.6. The van der Waals surface area contributed by atoms with Gasteiger partial charge in [-0.2, -0.15) is 0 Å². The van der Waals surface area contributed by atoms with E-state index in [9.17, 15) is 0 Å². The maximum absolute atomic E-state index is 5.14. The lowest BCUT2D eigenvalue weighted by Gasteiger charge is -2.32. The van der Waals surface area contributed by atoms with E-state index in [1.54, 1.807) is 0 Å². The molecule has 3 aliphatic carbocycles. The van der Waals surface area contributed by atoms with Gasteiger partial charge in [0, 0.05) is 28.0 Å². The van der Waals surface area contributed by atoms with Crippen LogP contribution >= 0.6 is 0 Å². The van der Waals surface area contributed by atoms with E-state index in [0.29, 0.717) is 0 Å². The molecule has 0 spiro atoms. The summed E-state index contributed by atoms with van der Waals surface area (Å²) in [6.07, 6.45) is 8.51. The van der Waals surface area contributed by atoms with Gasteiger partial charge in [-0.25, -0.2) is 0 Å². The standard InChI is InChI=1S/C68H50N2/c1-67(2)57-23-11-9-15-47(57)49-35-33-45(39-59(49)67)63-53-19-7-5-17-51(53)61(55-21-13-37-69-65(55)63)43-29-25-41(26-30-43)42-27-31-44(32-28-42)62-52-18-6-8-20-54(52)64(66-56(62)22-14-38-70-66)46-34-36-50-48-16-10-12-24-58(48)68(3,4)60(50)40-46/h5-40,65,69H,1-4H3. The van der Waals surface area contributed by atoms with E-state index in [2.05, 4.69) is 245 Å². The van der Waals surface area contributed by atoms with Crippen molar-refractivity contribution in [2.75, 3.05) is 0 Å². The second kappa shape index (κ2) is 15.1. The quantitative estimate of drug-likeness (QED) is 0.174. The maximum atomic E-state index is 5.14. The first-order chi connectivity index (χ1) is 34.3. The molecule has 9 aromatic carbocycles. The molecule has 2 heteroatoms. The number of benzene rings is 9. The fraction of sp³-hybridized carbons (Fsp3) is 0.103. The highest BCUT2D eigenvalue weighted by molar-refractivity contribution is 6.20. The van der Waals surface area contributed by atoms with Gasteiger partial charge in [-0.3, -0.25) is 4.98 Å². The highest BCUT2D eigenvalue weighted by Crippen LogP contribution is 2.52. The fourth-order valence-electron chi connectivity index (χ4n) is 12.8. The SMILES string of the molecule is CC1(C)c2ccccc2-c2ccc(C3=c4ccccc4=C(c4ccc(-c5ccc(-c6c7ccccc7c(-c7ccc8c(c7)C(C)(C)c7ccccc7-8)c7ncccc67)cc5)cc4)C4=CC=CNC43)cc21. The summed E-state index contributed by atoms with van der Waals surface area (Å²) in [6, 6.07) is 72.6. The smallest absolute Gasteiger partial charge is 0.0792 e. The van der Waals surface area contributed by atoms with Crippen molar-refractivity contribution in [3.05, 3.63) is 268 Å². The lowest BCUT2D eigenvalue weighted by molar-refractivity contribution is 0.660. The Balaban J connectivity index is 0.842. The normalized spacial score (nSPS) is 16.5. The molecule has 0 fully saturated rings. The van der Waals surface area contributed by atoms with Crippen LogP contribution in [0.3, 0.4) is 0 Å². The summed E-state index contributed by atoms with van der Waals surface area (Å²) < 4.78 is 0. The molecule has 332 valence electrons. The number of hydrogen-bond donors (Lipinski definition) is 1. The van der Waals surface area contributed by atoms with Crippen molar-refractivity contribution in [3.63, 3.8) is 0 Å².